The highest BCUT2D eigenvalue weighted by atomic mass is 32.2. The molecule has 0 spiro atoms. The number of hydrogen-bond donors (Lipinski definition) is 0. The molecule has 0 amide bonds. The third-order valence-electron chi connectivity index (χ3n) is 4.76. The van der Waals surface area contributed by atoms with Gasteiger partial charge in [0, 0.05) is 29.5 Å². The first-order valence-electron chi connectivity index (χ1n) is 9.39. The Bertz CT molecular complexity index is 1540. The fourth-order valence-corrected chi connectivity index (χ4v) is 4.93. The van der Waals surface area contributed by atoms with Crippen molar-refractivity contribution in [1.29, 1.82) is 0 Å². The van der Waals surface area contributed by atoms with Gasteiger partial charge in [-0.15, -0.1) is 11.3 Å². The summed E-state index contributed by atoms with van der Waals surface area (Å²) >= 11 is 2.77. The molecule has 5 rings (SSSR count). The number of rotatable bonds is 5. The predicted octanol–water partition coefficient (Wildman–Crippen LogP) is 3.76. The van der Waals surface area contributed by atoms with Gasteiger partial charge in [-0.25, -0.2) is 9.97 Å². The maximum Gasteiger partial charge on any atom is 0.266 e. The van der Waals surface area contributed by atoms with E-state index in [0.717, 1.165) is 0 Å². The molecule has 3 aromatic heterocycles. The van der Waals surface area contributed by atoms with Crippen molar-refractivity contribution in [2.75, 3.05) is 7.11 Å². The summed E-state index contributed by atoms with van der Waals surface area (Å²) < 4.78 is 8.42. The van der Waals surface area contributed by atoms with Crippen LogP contribution in [0.3, 0.4) is 0 Å². The first kappa shape index (κ1) is 19.5. The molecule has 0 bridgehead atoms. The Morgan fingerprint density at radius 3 is 2.81 bits per heavy atom. The van der Waals surface area contributed by atoms with Crippen molar-refractivity contribution in [3.05, 3.63) is 92.6 Å². The highest BCUT2D eigenvalue weighted by Crippen LogP contribution is 2.25. The monoisotopic (exact) mass is 448 g/mol. The van der Waals surface area contributed by atoms with E-state index in [1.807, 2.05) is 41.8 Å². The zero-order valence-electron chi connectivity index (χ0n) is 16.4. The van der Waals surface area contributed by atoms with E-state index >= 15 is 0 Å². The summed E-state index contributed by atoms with van der Waals surface area (Å²) in [6.45, 7) is 0. The van der Waals surface area contributed by atoms with Crippen LogP contribution in [0.2, 0.25) is 0 Å². The van der Waals surface area contributed by atoms with Crippen LogP contribution in [0.25, 0.3) is 21.6 Å². The number of aromatic nitrogens is 4. The Hall–Kier alpha value is -3.43. The maximum absolute atomic E-state index is 13.4. The molecule has 0 aliphatic rings. The van der Waals surface area contributed by atoms with Gasteiger partial charge in [-0.3, -0.25) is 18.6 Å². The maximum atomic E-state index is 13.4. The second kappa shape index (κ2) is 8.01. The van der Waals surface area contributed by atoms with Crippen LogP contribution < -0.4 is 15.9 Å². The summed E-state index contributed by atoms with van der Waals surface area (Å²) in [5, 5.41) is 2.88. The zero-order chi connectivity index (χ0) is 21.4. The van der Waals surface area contributed by atoms with Gasteiger partial charge in [0.15, 0.2) is 10.1 Å². The molecular weight excluding hydrogens is 432 g/mol. The van der Waals surface area contributed by atoms with Gasteiger partial charge in [0.05, 0.1) is 29.4 Å². The van der Waals surface area contributed by atoms with Gasteiger partial charge in [-0.2, -0.15) is 0 Å². The Morgan fingerprint density at radius 1 is 1.06 bits per heavy atom. The number of fused-ring (bicyclic) bond motifs is 2. The molecule has 31 heavy (non-hydrogen) atoms. The molecule has 3 heterocycles. The second-order valence-corrected chi connectivity index (χ2v) is 8.50. The lowest BCUT2D eigenvalue weighted by Crippen LogP contribution is -2.22. The first-order chi connectivity index (χ1) is 15.1. The van der Waals surface area contributed by atoms with Gasteiger partial charge in [-0.05, 0) is 24.3 Å². The Morgan fingerprint density at radius 2 is 1.94 bits per heavy atom. The summed E-state index contributed by atoms with van der Waals surface area (Å²) in [4.78, 5) is 35.6. The van der Waals surface area contributed by atoms with E-state index in [9.17, 15) is 9.59 Å². The minimum atomic E-state index is -0.164. The van der Waals surface area contributed by atoms with Gasteiger partial charge in [0.25, 0.3) is 11.1 Å². The average Bonchev–Trinajstić information content (AvgIpc) is 3.27. The third-order valence-corrected chi connectivity index (χ3v) is 6.49. The van der Waals surface area contributed by atoms with Gasteiger partial charge in [0.2, 0.25) is 0 Å². The van der Waals surface area contributed by atoms with Crippen molar-refractivity contribution in [3.8, 4) is 11.4 Å². The zero-order valence-corrected chi connectivity index (χ0v) is 18.0. The number of thiazole rings is 1. The van der Waals surface area contributed by atoms with Crippen LogP contribution in [0.1, 0.15) is 5.69 Å². The number of ether oxygens (including phenoxy) is 1. The largest absolute Gasteiger partial charge is 0.497 e. The molecule has 0 fully saturated rings. The molecule has 2 aromatic carbocycles. The number of methoxy groups -OCH3 is 1. The SMILES string of the molecule is COc1cccc(-n2c(SCc3cc(=O)n4ccsc4n3)nc3ccccc3c2=O)c1. The molecule has 5 aromatic rings. The summed E-state index contributed by atoms with van der Waals surface area (Å²) in [6, 6.07) is 16.1. The summed E-state index contributed by atoms with van der Waals surface area (Å²) in [7, 11) is 1.58. The lowest BCUT2D eigenvalue weighted by atomic mass is 10.2. The smallest absolute Gasteiger partial charge is 0.266 e. The predicted molar refractivity (Wildman–Crippen MR) is 123 cm³/mol. The molecule has 154 valence electrons. The highest BCUT2D eigenvalue weighted by molar-refractivity contribution is 7.98. The number of hydrogen-bond acceptors (Lipinski definition) is 7. The molecule has 0 saturated carbocycles. The van der Waals surface area contributed by atoms with Gasteiger partial charge >= 0.3 is 0 Å². The van der Waals surface area contributed by atoms with Crippen LogP contribution in [0.4, 0.5) is 0 Å². The van der Waals surface area contributed by atoms with E-state index in [1.165, 1.54) is 33.6 Å². The van der Waals surface area contributed by atoms with E-state index in [-0.39, 0.29) is 11.1 Å². The van der Waals surface area contributed by atoms with Gasteiger partial charge in [-0.1, -0.05) is 30.0 Å². The molecule has 0 unspecified atom stereocenters. The first-order valence-corrected chi connectivity index (χ1v) is 11.3. The molecule has 0 radical (unpaired) electrons. The summed E-state index contributed by atoms with van der Waals surface area (Å²) in [6.07, 6.45) is 1.71. The molecule has 0 aliphatic carbocycles. The van der Waals surface area contributed by atoms with Gasteiger partial charge < -0.3 is 4.74 Å². The molecule has 0 aliphatic heterocycles. The lowest BCUT2D eigenvalue weighted by molar-refractivity contribution is 0.414. The third kappa shape index (κ3) is 3.62. The second-order valence-electron chi connectivity index (χ2n) is 6.68. The van der Waals surface area contributed by atoms with Gasteiger partial charge in [0.1, 0.15) is 5.75 Å². The number of para-hydroxylation sites is 1. The number of benzene rings is 2. The quantitative estimate of drug-likeness (QED) is 0.301. The van der Waals surface area contributed by atoms with Crippen LogP contribution in [0.5, 0.6) is 5.75 Å². The fraction of sp³-hybridized carbons (Fsp3) is 0.0909. The van der Waals surface area contributed by atoms with Crippen molar-refractivity contribution in [1.82, 2.24) is 18.9 Å². The molecular formula is C22H16N4O3S2. The minimum Gasteiger partial charge on any atom is -0.497 e. The van der Waals surface area contributed by atoms with Crippen LogP contribution in [-0.4, -0.2) is 26.0 Å². The molecule has 7 nitrogen and oxygen atoms in total. The van der Waals surface area contributed by atoms with Crippen molar-refractivity contribution in [2.24, 2.45) is 0 Å². The van der Waals surface area contributed by atoms with E-state index in [0.29, 0.717) is 43.9 Å². The normalized spacial score (nSPS) is 11.3. The van der Waals surface area contributed by atoms with Crippen LogP contribution in [-0.2, 0) is 5.75 Å². The molecule has 0 atom stereocenters. The van der Waals surface area contributed by atoms with E-state index < -0.39 is 0 Å². The number of thioether (sulfide) groups is 1. The molecule has 0 saturated heterocycles. The number of nitrogens with zero attached hydrogens (tertiary/aromatic N) is 4. The van der Waals surface area contributed by atoms with Crippen molar-refractivity contribution < 1.29 is 4.74 Å². The highest BCUT2D eigenvalue weighted by Gasteiger charge is 2.15. The minimum absolute atomic E-state index is 0.126. The topological polar surface area (TPSA) is 78.5 Å². The van der Waals surface area contributed by atoms with E-state index in [1.54, 1.807) is 30.0 Å². The molecule has 9 heteroatoms. The van der Waals surface area contributed by atoms with Crippen molar-refractivity contribution in [2.45, 2.75) is 10.9 Å². The molecule has 0 N–H and O–H groups in total. The fourth-order valence-electron chi connectivity index (χ4n) is 3.29. The van der Waals surface area contributed by atoms with Crippen LogP contribution in [0, 0.1) is 0 Å². The van der Waals surface area contributed by atoms with Crippen molar-refractivity contribution in [3.63, 3.8) is 0 Å². The Labute approximate surface area is 184 Å². The Kier molecular flexibility index (Phi) is 5.05. The summed E-state index contributed by atoms with van der Waals surface area (Å²) in [5.74, 6) is 1.05. The standard InChI is InChI=1S/C22H16N4O3S2/c1-29-16-6-4-5-15(12-16)26-20(28)17-7-2-3-8-18(17)24-22(26)31-13-14-11-19(27)25-9-10-30-21(25)23-14/h2-12H,13H2,1H3. The van der Waals surface area contributed by atoms with E-state index in [2.05, 4.69) is 4.98 Å². The lowest BCUT2D eigenvalue weighted by Gasteiger charge is -2.14. The van der Waals surface area contributed by atoms with Crippen molar-refractivity contribution >= 4 is 39.0 Å². The van der Waals surface area contributed by atoms with Crippen LogP contribution >= 0.6 is 23.1 Å². The van der Waals surface area contributed by atoms with E-state index in [4.69, 9.17) is 9.72 Å². The van der Waals surface area contributed by atoms with Crippen LogP contribution in [0.15, 0.2) is 80.9 Å². The average molecular weight is 449 g/mol. The Balaban J connectivity index is 1.62. The summed E-state index contributed by atoms with van der Waals surface area (Å²) in [5.41, 5.74) is 1.63.